The van der Waals surface area contributed by atoms with Crippen LogP contribution < -0.4 is 5.73 Å². The van der Waals surface area contributed by atoms with Crippen LogP contribution in [0.25, 0.3) is 5.69 Å². The molecule has 118 valence electrons. The number of rotatable bonds is 3. The Morgan fingerprint density at radius 3 is 2.39 bits per heavy atom. The largest absolute Gasteiger partial charge is 0.398 e. The first-order valence-electron chi connectivity index (χ1n) is 7.61. The van der Waals surface area contributed by atoms with Gasteiger partial charge in [-0.05, 0) is 55.7 Å². The Morgan fingerprint density at radius 2 is 1.78 bits per heavy atom. The average Bonchev–Trinajstić information content (AvgIpc) is 3.00. The number of hydrogen-bond donors (Lipinski definition) is 2. The second kappa shape index (κ2) is 5.89. The molecule has 0 saturated heterocycles. The fourth-order valence-electron chi connectivity index (χ4n) is 3.15. The Labute approximate surface area is 136 Å². The molecule has 3 rings (SSSR count). The Hall–Kier alpha value is -2.59. The van der Waals surface area contributed by atoms with E-state index in [0.717, 1.165) is 22.4 Å². The number of hydrogen-bond acceptors (Lipinski definition) is 3. The summed E-state index contributed by atoms with van der Waals surface area (Å²) in [6.07, 6.45) is 4.56. The van der Waals surface area contributed by atoms with Crippen molar-refractivity contribution in [1.82, 2.24) is 9.55 Å². The first-order valence-corrected chi connectivity index (χ1v) is 7.61. The summed E-state index contributed by atoms with van der Waals surface area (Å²) in [4.78, 5) is 4.06. The quantitative estimate of drug-likeness (QED) is 0.728. The predicted molar refractivity (Wildman–Crippen MR) is 92.7 cm³/mol. The zero-order chi connectivity index (χ0) is 16.6. The van der Waals surface area contributed by atoms with Crippen molar-refractivity contribution in [3.8, 4) is 5.69 Å². The van der Waals surface area contributed by atoms with Gasteiger partial charge in [-0.3, -0.25) is 0 Å². The van der Waals surface area contributed by atoms with Crippen LogP contribution in [0, 0.1) is 20.8 Å². The van der Waals surface area contributed by atoms with Crippen LogP contribution in [0.4, 0.5) is 5.69 Å². The highest BCUT2D eigenvalue weighted by Crippen LogP contribution is 2.32. The molecule has 0 spiro atoms. The first kappa shape index (κ1) is 15.3. The van der Waals surface area contributed by atoms with Gasteiger partial charge in [0.25, 0.3) is 0 Å². The lowest BCUT2D eigenvalue weighted by Gasteiger charge is -2.20. The van der Waals surface area contributed by atoms with Crippen LogP contribution in [-0.2, 0) is 0 Å². The fraction of sp³-hybridized carbons (Fsp3) is 0.211. The summed E-state index contributed by atoms with van der Waals surface area (Å²) in [7, 11) is 0. The Morgan fingerprint density at radius 1 is 1.09 bits per heavy atom. The Balaban J connectivity index is 2.10. The summed E-state index contributed by atoms with van der Waals surface area (Å²) in [6.45, 7) is 6.10. The van der Waals surface area contributed by atoms with Gasteiger partial charge >= 0.3 is 0 Å². The number of aliphatic hydroxyl groups is 1. The number of nitrogens with two attached hydrogens (primary N) is 1. The molecule has 4 heteroatoms. The van der Waals surface area contributed by atoms with E-state index in [1.54, 1.807) is 12.5 Å². The van der Waals surface area contributed by atoms with Crippen LogP contribution >= 0.6 is 0 Å². The molecule has 0 fully saturated rings. The molecule has 1 atom stereocenters. The van der Waals surface area contributed by atoms with E-state index in [1.807, 2.05) is 42.8 Å². The fourth-order valence-corrected chi connectivity index (χ4v) is 3.15. The Kier molecular flexibility index (Phi) is 3.92. The number of nitrogens with zero attached hydrogens (tertiary/aromatic N) is 2. The molecular weight excluding hydrogens is 286 g/mol. The molecule has 0 aliphatic rings. The molecule has 0 aliphatic carbocycles. The summed E-state index contributed by atoms with van der Waals surface area (Å²) < 4.78 is 1.89. The molecule has 2 aromatic carbocycles. The number of aliphatic hydroxyl groups excluding tert-OH is 1. The molecule has 4 nitrogen and oxygen atoms in total. The number of nitrogen functional groups attached to an aromatic ring is 1. The second-order valence-corrected chi connectivity index (χ2v) is 6.00. The van der Waals surface area contributed by atoms with Gasteiger partial charge in [-0.2, -0.15) is 0 Å². The van der Waals surface area contributed by atoms with Gasteiger partial charge in [-0.1, -0.05) is 17.7 Å². The van der Waals surface area contributed by atoms with Gasteiger partial charge in [0.05, 0.1) is 6.33 Å². The monoisotopic (exact) mass is 307 g/mol. The highest BCUT2D eigenvalue weighted by molar-refractivity contribution is 5.57. The SMILES string of the molecule is Cc1cc(C)c(C(O)c2cc(-n3ccnc3)ccc2N)c(C)c1. The molecule has 0 bridgehead atoms. The van der Waals surface area contributed by atoms with Gasteiger partial charge in [0.1, 0.15) is 6.10 Å². The van der Waals surface area contributed by atoms with Gasteiger partial charge in [0.2, 0.25) is 0 Å². The maximum atomic E-state index is 10.9. The molecule has 0 radical (unpaired) electrons. The molecule has 23 heavy (non-hydrogen) atoms. The molecular formula is C19H21N3O. The molecule has 0 amide bonds. The third-order valence-electron chi connectivity index (χ3n) is 4.18. The van der Waals surface area contributed by atoms with Gasteiger partial charge in [0, 0.05) is 29.3 Å². The number of aromatic nitrogens is 2. The van der Waals surface area contributed by atoms with Crippen molar-refractivity contribution in [1.29, 1.82) is 0 Å². The standard InChI is InChI=1S/C19H21N3O/c1-12-8-13(2)18(14(3)9-12)19(23)16-10-15(4-5-17(16)20)22-7-6-21-11-22/h4-11,19,23H,20H2,1-3H3. The van der Waals surface area contributed by atoms with Gasteiger partial charge < -0.3 is 15.4 Å². The maximum absolute atomic E-state index is 10.9. The lowest BCUT2D eigenvalue weighted by Crippen LogP contribution is -2.08. The molecule has 0 aliphatic heterocycles. The molecule has 1 unspecified atom stereocenters. The van der Waals surface area contributed by atoms with Crippen molar-refractivity contribution in [3.05, 3.63) is 76.9 Å². The van der Waals surface area contributed by atoms with E-state index in [4.69, 9.17) is 5.73 Å². The highest BCUT2D eigenvalue weighted by atomic mass is 16.3. The van der Waals surface area contributed by atoms with Crippen LogP contribution in [0.1, 0.15) is 33.9 Å². The van der Waals surface area contributed by atoms with E-state index in [-0.39, 0.29) is 0 Å². The van der Waals surface area contributed by atoms with E-state index in [2.05, 4.69) is 24.0 Å². The third-order valence-corrected chi connectivity index (χ3v) is 4.18. The summed E-state index contributed by atoms with van der Waals surface area (Å²) in [5.41, 5.74) is 12.6. The van der Waals surface area contributed by atoms with Crippen molar-refractivity contribution in [2.24, 2.45) is 0 Å². The predicted octanol–water partition coefficient (Wildman–Crippen LogP) is 3.46. The van der Waals surface area contributed by atoms with Gasteiger partial charge in [-0.15, -0.1) is 0 Å². The minimum atomic E-state index is -0.751. The number of aryl methyl sites for hydroxylation is 3. The maximum Gasteiger partial charge on any atom is 0.107 e. The number of benzene rings is 2. The summed E-state index contributed by atoms with van der Waals surface area (Å²) in [5.74, 6) is 0. The first-order chi connectivity index (χ1) is 11.0. The van der Waals surface area contributed by atoms with E-state index in [0.29, 0.717) is 11.3 Å². The average molecular weight is 307 g/mol. The number of anilines is 1. The van der Waals surface area contributed by atoms with Crippen LogP contribution in [0.3, 0.4) is 0 Å². The summed E-state index contributed by atoms with van der Waals surface area (Å²) in [6, 6.07) is 9.83. The van der Waals surface area contributed by atoms with E-state index in [9.17, 15) is 5.11 Å². The van der Waals surface area contributed by atoms with Gasteiger partial charge in [-0.25, -0.2) is 4.98 Å². The van der Waals surface area contributed by atoms with Gasteiger partial charge in [0.15, 0.2) is 0 Å². The molecule has 1 heterocycles. The molecule has 3 aromatic rings. The van der Waals surface area contributed by atoms with E-state index >= 15 is 0 Å². The number of imidazole rings is 1. The minimum Gasteiger partial charge on any atom is -0.398 e. The second-order valence-electron chi connectivity index (χ2n) is 6.00. The third kappa shape index (κ3) is 2.85. The van der Waals surface area contributed by atoms with Crippen molar-refractivity contribution >= 4 is 5.69 Å². The zero-order valence-corrected chi connectivity index (χ0v) is 13.6. The molecule has 0 saturated carbocycles. The van der Waals surface area contributed by atoms with Crippen LogP contribution in [0.2, 0.25) is 0 Å². The lowest BCUT2D eigenvalue weighted by atomic mass is 9.91. The van der Waals surface area contributed by atoms with E-state index < -0.39 is 6.10 Å². The smallest absolute Gasteiger partial charge is 0.107 e. The normalized spacial score (nSPS) is 12.3. The van der Waals surface area contributed by atoms with Crippen molar-refractivity contribution in [2.75, 3.05) is 5.73 Å². The minimum absolute atomic E-state index is 0.584. The summed E-state index contributed by atoms with van der Waals surface area (Å²) >= 11 is 0. The van der Waals surface area contributed by atoms with Crippen LogP contribution in [0.15, 0.2) is 49.1 Å². The summed E-state index contributed by atoms with van der Waals surface area (Å²) in [5, 5.41) is 10.9. The van der Waals surface area contributed by atoms with Crippen molar-refractivity contribution < 1.29 is 5.11 Å². The Bertz CT molecular complexity index is 815. The topological polar surface area (TPSA) is 64.1 Å². The highest BCUT2D eigenvalue weighted by Gasteiger charge is 2.19. The lowest BCUT2D eigenvalue weighted by molar-refractivity contribution is 0.219. The van der Waals surface area contributed by atoms with Crippen LogP contribution in [0.5, 0.6) is 0 Å². The molecule has 3 N–H and O–H groups in total. The van der Waals surface area contributed by atoms with E-state index in [1.165, 1.54) is 5.56 Å². The van der Waals surface area contributed by atoms with Crippen molar-refractivity contribution in [3.63, 3.8) is 0 Å². The van der Waals surface area contributed by atoms with Crippen LogP contribution in [-0.4, -0.2) is 14.7 Å². The molecule has 1 aromatic heterocycles. The van der Waals surface area contributed by atoms with Crippen molar-refractivity contribution in [2.45, 2.75) is 26.9 Å². The zero-order valence-electron chi connectivity index (χ0n) is 13.6.